The average Bonchev–Trinajstić information content (AvgIpc) is 2.54. The fourth-order valence-corrected chi connectivity index (χ4v) is 3.57. The number of halogens is 1. The van der Waals surface area contributed by atoms with Gasteiger partial charge in [-0.3, -0.25) is 9.59 Å². The molecule has 5 nitrogen and oxygen atoms in total. The lowest BCUT2D eigenvalue weighted by atomic mass is 9.78. The molecule has 7 heteroatoms. The molecule has 1 aromatic rings. The highest BCUT2D eigenvalue weighted by Crippen LogP contribution is 2.42. The molecule has 2 atom stereocenters. The van der Waals surface area contributed by atoms with Gasteiger partial charge < -0.3 is 10.1 Å². The van der Waals surface area contributed by atoms with Crippen LogP contribution in [0.15, 0.2) is 34.9 Å². The Morgan fingerprint density at radius 3 is 2.74 bits per heavy atom. The molecule has 0 aromatic heterocycles. The molecule has 2 rings (SSSR count). The zero-order chi connectivity index (χ0) is 17.0. The van der Waals surface area contributed by atoms with E-state index in [2.05, 4.69) is 11.4 Å². The van der Waals surface area contributed by atoms with Crippen molar-refractivity contribution in [3.05, 3.63) is 45.5 Å². The molecule has 1 aliphatic heterocycles. The number of benzene rings is 1. The maximum Gasteiger partial charge on any atom is 0.319 e. The number of hydrogen-bond donors (Lipinski definition) is 1. The summed E-state index contributed by atoms with van der Waals surface area (Å²) in [6.07, 6.45) is 0. The molecule has 0 unspecified atom stereocenters. The van der Waals surface area contributed by atoms with Crippen LogP contribution in [0.4, 0.5) is 0 Å². The molecule has 23 heavy (non-hydrogen) atoms. The number of nitrogens with zero attached hydrogens (tertiary/aromatic N) is 1. The van der Waals surface area contributed by atoms with Crippen molar-refractivity contribution in [1.82, 2.24) is 5.32 Å². The number of ether oxygens (including phenoxy) is 1. The van der Waals surface area contributed by atoms with Crippen LogP contribution in [0.1, 0.15) is 18.4 Å². The summed E-state index contributed by atoms with van der Waals surface area (Å²) in [5.41, 5.74) is 0.880. The molecular weight excluding hydrogens is 336 g/mol. The first kappa shape index (κ1) is 17.4. The summed E-state index contributed by atoms with van der Waals surface area (Å²) in [7, 11) is 1.21. The van der Waals surface area contributed by atoms with Gasteiger partial charge in [-0.25, -0.2) is 0 Å². The number of methoxy groups -OCH3 is 1. The molecule has 0 radical (unpaired) electrons. The Kier molecular flexibility index (Phi) is 5.69. The molecule has 1 heterocycles. The smallest absolute Gasteiger partial charge is 0.319 e. The summed E-state index contributed by atoms with van der Waals surface area (Å²) in [6, 6.07) is 9.01. The molecule has 0 bridgehead atoms. The lowest BCUT2D eigenvalue weighted by Gasteiger charge is -2.31. The fraction of sp³-hybridized carbons (Fsp3) is 0.312. The number of thioether (sulfide) groups is 1. The van der Waals surface area contributed by atoms with E-state index in [0.29, 0.717) is 26.9 Å². The van der Waals surface area contributed by atoms with E-state index >= 15 is 0 Å². The SMILES string of the molecule is CCSC1=C(C#N)[C@H](c2ccccc2Cl)[C@H](C(=O)OC)C(=O)N1. The Labute approximate surface area is 143 Å². The van der Waals surface area contributed by atoms with E-state index in [1.807, 2.05) is 6.92 Å². The summed E-state index contributed by atoms with van der Waals surface area (Å²) >= 11 is 7.59. The van der Waals surface area contributed by atoms with Crippen LogP contribution < -0.4 is 5.32 Å². The molecular formula is C16H15ClN2O3S. The predicted octanol–water partition coefficient (Wildman–Crippen LogP) is 2.83. The number of amides is 1. The molecule has 1 amide bonds. The molecule has 0 spiro atoms. The van der Waals surface area contributed by atoms with Gasteiger partial charge in [-0.2, -0.15) is 5.26 Å². The second-order valence-corrected chi connectivity index (χ2v) is 6.46. The number of rotatable bonds is 4. The first-order valence-electron chi connectivity index (χ1n) is 6.95. The molecule has 120 valence electrons. The minimum absolute atomic E-state index is 0.319. The highest BCUT2D eigenvalue weighted by Gasteiger charge is 2.44. The minimum Gasteiger partial charge on any atom is -0.468 e. The number of nitrogens with one attached hydrogen (secondary N) is 1. The van der Waals surface area contributed by atoms with Crippen molar-refractivity contribution in [2.24, 2.45) is 5.92 Å². The van der Waals surface area contributed by atoms with Crippen LogP contribution in [0.2, 0.25) is 5.02 Å². The Balaban J connectivity index is 2.67. The third-order valence-corrected chi connectivity index (χ3v) is 4.76. The average molecular weight is 351 g/mol. The van der Waals surface area contributed by atoms with Gasteiger partial charge in [0.2, 0.25) is 5.91 Å². The van der Waals surface area contributed by atoms with E-state index in [1.165, 1.54) is 18.9 Å². The predicted molar refractivity (Wildman–Crippen MR) is 88.6 cm³/mol. The van der Waals surface area contributed by atoms with Gasteiger partial charge >= 0.3 is 5.97 Å². The van der Waals surface area contributed by atoms with E-state index in [4.69, 9.17) is 16.3 Å². The first-order chi connectivity index (χ1) is 11.0. The van der Waals surface area contributed by atoms with Crippen LogP contribution in [0.5, 0.6) is 0 Å². The molecule has 0 aliphatic carbocycles. The van der Waals surface area contributed by atoms with Crippen molar-refractivity contribution in [2.45, 2.75) is 12.8 Å². The summed E-state index contributed by atoms with van der Waals surface area (Å²) < 4.78 is 4.76. The zero-order valence-corrected chi connectivity index (χ0v) is 14.2. The molecule has 1 N–H and O–H groups in total. The topological polar surface area (TPSA) is 79.2 Å². The Morgan fingerprint density at radius 2 is 2.17 bits per heavy atom. The normalized spacial score (nSPS) is 20.7. The van der Waals surface area contributed by atoms with Crippen molar-refractivity contribution in [3.8, 4) is 6.07 Å². The van der Waals surface area contributed by atoms with E-state index in [1.54, 1.807) is 24.3 Å². The number of esters is 1. The van der Waals surface area contributed by atoms with E-state index in [0.717, 1.165) is 0 Å². The van der Waals surface area contributed by atoms with Crippen molar-refractivity contribution >= 4 is 35.2 Å². The van der Waals surface area contributed by atoms with E-state index < -0.39 is 23.7 Å². The van der Waals surface area contributed by atoms with Crippen LogP contribution in [-0.2, 0) is 14.3 Å². The highest BCUT2D eigenvalue weighted by molar-refractivity contribution is 8.03. The quantitative estimate of drug-likeness (QED) is 0.667. The molecule has 1 aliphatic rings. The van der Waals surface area contributed by atoms with Crippen molar-refractivity contribution in [2.75, 3.05) is 12.9 Å². The second-order valence-electron chi connectivity index (χ2n) is 4.78. The summed E-state index contributed by atoms with van der Waals surface area (Å²) in [5.74, 6) is -2.41. The highest BCUT2D eigenvalue weighted by atomic mass is 35.5. The number of hydrogen-bond acceptors (Lipinski definition) is 5. The van der Waals surface area contributed by atoms with Gasteiger partial charge in [-0.05, 0) is 17.4 Å². The monoisotopic (exact) mass is 350 g/mol. The summed E-state index contributed by atoms with van der Waals surface area (Å²) in [6.45, 7) is 1.91. The van der Waals surface area contributed by atoms with Gasteiger partial charge in [0.25, 0.3) is 0 Å². The maximum atomic E-state index is 12.4. The number of carbonyl (C=O) groups is 2. The lowest BCUT2D eigenvalue weighted by molar-refractivity contribution is -0.150. The number of carbonyl (C=O) groups excluding carboxylic acids is 2. The van der Waals surface area contributed by atoms with Gasteiger partial charge in [0.1, 0.15) is 5.92 Å². The molecule has 0 saturated heterocycles. The van der Waals surface area contributed by atoms with Crippen LogP contribution in [0.25, 0.3) is 0 Å². The van der Waals surface area contributed by atoms with Crippen LogP contribution >= 0.6 is 23.4 Å². The van der Waals surface area contributed by atoms with Crippen LogP contribution in [0.3, 0.4) is 0 Å². The van der Waals surface area contributed by atoms with Crippen LogP contribution in [0, 0.1) is 17.2 Å². The Hall–Kier alpha value is -1.97. The summed E-state index contributed by atoms with van der Waals surface area (Å²) in [5, 5.41) is 13.1. The third kappa shape index (κ3) is 3.36. The van der Waals surface area contributed by atoms with Gasteiger partial charge in [-0.1, -0.05) is 36.7 Å². The molecule has 0 fully saturated rings. The van der Waals surface area contributed by atoms with Gasteiger partial charge in [0.05, 0.1) is 23.8 Å². The van der Waals surface area contributed by atoms with E-state index in [-0.39, 0.29) is 0 Å². The van der Waals surface area contributed by atoms with Crippen LogP contribution in [-0.4, -0.2) is 24.7 Å². The Bertz CT molecular complexity index is 712. The zero-order valence-electron chi connectivity index (χ0n) is 12.6. The third-order valence-electron chi connectivity index (χ3n) is 3.51. The lowest BCUT2D eigenvalue weighted by Crippen LogP contribution is -2.44. The second kappa shape index (κ2) is 7.53. The van der Waals surface area contributed by atoms with Gasteiger partial charge in [0.15, 0.2) is 0 Å². The minimum atomic E-state index is -1.14. The van der Waals surface area contributed by atoms with Crippen molar-refractivity contribution in [1.29, 1.82) is 5.26 Å². The Morgan fingerprint density at radius 1 is 1.48 bits per heavy atom. The molecule has 1 aromatic carbocycles. The number of nitriles is 1. The fourth-order valence-electron chi connectivity index (χ4n) is 2.53. The standard InChI is InChI=1S/C16H15ClN2O3S/c1-3-23-15-10(8-18)12(9-6-4-5-7-11(9)17)13(14(20)19-15)16(21)22-2/h4-7,12-13H,3H2,1-2H3,(H,19,20)/t12-,13-/m0/s1. The van der Waals surface area contributed by atoms with Crippen molar-refractivity contribution < 1.29 is 14.3 Å². The largest absolute Gasteiger partial charge is 0.468 e. The first-order valence-corrected chi connectivity index (χ1v) is 8.31. The molecule has 0 saturated carbocycles. The van der Waals surface area contributed by atoms with Gasteiger partial charge in [-0.15, -0.1) is 11.8 Å². The van der Waals surface area contributed by atoms with E-state index in [9.17, 15) is 14.9 Å². The summed E-state index contributed by atoms with van der Waals surface area (Å²) in [4.78, 5) is 24.6. The van der Waals surface area contributed by atoms with Gasteiger partial charge in [0, 0.05) is 10.9 Å². The van der Waals surface area contributed by atoms with Crippen molar-refractivity contribution in [3.63, 3.8) is 0 Å². The maximum absolute atomic E-state index is 12.4. The number of allylic oxidation sites excluding steroid dienone is 1.